The standard InChI is InChI=1S/C23H23Cl3N2O2S/c24-16-4-7-19(8-5-16)31-14-18-2-1-3-23(29-18)30-22(13-28-11-10-27-15-28)20-9-6-17(25)12-21(20)26/h4-12,15,18,22-23H,1-3,13-14H2. The molecule has 0 aliphatic carbocycles. The van der Waals surface area contributed by atoms with E-state index in [2.05, 4.69) is 4.98 Å². The Balaban J connectivity index is 1.41. The van der Waals surface area contributed by atoms with Gasteiger partial charge in [-0.2, -0.15) is 0 Å². The highest BCUT2D eigenvalue weighted by Gasteiger charge is 2.27. The summed E-state index contributed by atoms with van der Waals surface area (Å²) in [5, 5.41) is 1.93. The molecule has 0 saturated carbocycles. The Morgan fingerprint density at radius 2 is 1.90 bits per heavy atom. The lowest BCUT2D eigenvalue weighted by molar-refractivity contribution is -0.213. The lowest BCUT2D eigenvalue weighted by Gasteiger charge is -2.33. The minimum atomic E-state index is -0.287. The van der Waals surface area contributed by atoms with Crippen LogP contribution < -0.4 is 0 Å². The van der Waals surface area contributed by atoms with Crippen LogP contribution in [0.3, 0.4) is 0 Å². The molecule has 1 saturated heterocycles. The van der Waals surface area contributed by atoms with Crippen LogP contribution in [-0.2, 0) is 16.0 Å². The first kappa shape index (κ1) is 23.0. The fraction of sp³-hybridized carbons (Fsp3) is 0.348. The first-order valence-electron chi connectivity index (χ1n) is 10.2. The molecule has 1 aromatic heterocycles. The van der Waals surface area contributed by atoms with E-state index in [1.807, 2.05) is 47.2 Å². The van der Waals surface area contributed by atoms with Gasteiger partial charge in [-0.3, -0.25) is 0 Å². The van der Waals surface area contributed by atoms with Gasteiger partial charge in [-0.25, -0.2) is 4.98 Å². The van der Waals surface area contributed by atoms with E-state index in [0.717, 1.165) is 35.6 Å². The van der Waals surface area contributed by atoms with Crippen molar-refractivity contribution in [2.75, 3.05) is 5.75 Å². The van der Waals surface area contributed by atoms with E-state index in [1.54, 1.807) is 30.4 Å². The minimum absolute atomic E-state index is 0.133. The largest absolute Gasteiger partial charge is 0.349 e. The number of hydrogen-bond acceptors (Lipinski definition) is 4. The topological polar surface area (TPSA) is 36.3 Å². The molecule has 1 fully saturated rings. The molecule has 1 aliphatic heterocycles. The lowest BCUT2D eigenvalue weighted by atomic mass is 10.1. The summed E-state index contributed by atoms with van der Waals surface area (Å²) in [7, 11) is 0. The third-order valence-electron chi connectivity index (χ3n) is 5.12. The van der Waals surface area contributed by atoms with Crippen molar-refractivity contribution >= 4 is 46.6 Å². The smallest absolute Gasteiger partial charge is 0.158 e. The maximum atomic E-state index is 6.50. The normalized spacial score (nSPS) is 20.0. The van der Waals surface area contributed by atoms with Crippen LogP contribution in [-0.4, -0.2) is 27.7 Å². The number of ether oxygens (including phenoxy) is 2. The van der Waals surface area contributed by atoms with Gasteiger partial charge >= 0.3 is 0 Å². The van der Waals surface area contributed by atoms with Crippen molar-refractivity contribution in [2.45, 2.75) is 49.2 Å². The van der Waals surface area contributed by atoms with Crippen molar-refractivity contribution in [3.63, 3.8) is 0 Å². The Hall–Kier alpha value is -1.21. The van der Waals surface area contributed by atoms with Crippen LogP contribution in [0.1, 0.15) is 30.9 Å². The van der Waals surface area contributed by atoms with E-state index in [1.165, 1.54) is 4.90 Å². The van der Waals surface area contributed by atoms with Crippen molar-refractivity contribution in [2.24, 2.45) is 0 Å². The third-order valence-corrected chi connectivity index (χ3v) is 7.08. The van der Waals surface area contributed by atoms with E-state index >= 15 is 0 Å². The molecule has 0 amide bonds. The summed E-state index contributed by atoms with van der Waals surface area (Å²) in [4.78, 5) is 5.32. The summed E-state index contributed by atoms with van der Waals surface area (Å²) in [5.41, 5.74) is 0.890. The molecule has 0 bridgehead atoms. The van der Waals surface area contributed by atoms with Gasteiger partial charge in [0.25, 0.3) is 0 Å². The van der Waals surface area contributed by atoms with E-state index in [9.17, 15) is 0 Å². The Kier molecular flexibility index (Phi) is 8.21. The molecule has 3 aromatic rings. The monoisotopic (exact) mass is 496 g/mol. The number of halogens is 3. The molecule has 0 radical (unpaired) electrons. The number of nitrogens with zero attached hydrogens (tertiary/aromatic N) is 2. The van der Waals surface area contributed by atoms with Gasteiger partial charge in [0.05, 0.1) is 19.0 Å². The quantitative estimate of drug-likeness (QED) is 0.306. The van der Waals surface area contributed by atoms with E-state index < -0.39 is 0 Å². The third kappa shape index (κ3) is 6.64. The maximum absolute atomic E-state index is 6.50. The molecular formula is C23H23Cl3N2O2S. The zero-order valence-corrected chi connectivity index (χ0v) is 19.9. The van der Waals surface area contributed by atoms with Crippen LogP contribution in [0.15, 0.2) is 66.1 Å². The highest BCUT2D eigenvalue weighted by molar-refractivity contribution is 7.99. The average Bonchev–Trinajstić information content (AvgIpc) is 3.26. The van der Waals surface area contributed by atoms with Gasteiger partial charge in [0.2, 0.25) is 0 Å². The van der Waals surface area contributed by atoms with Crippen molar-refractivity contribution in [3.8, 4) is 0 Å². The molecule has 4 rings (SSSR count). The molecule has 4 nitrogen and oxygen atoms in total. The number of thioether (sulfide) groups is 1. The van der Waals surface area contributed by atoms with Crippen LogP contribution in [0.2, 0.25) is 15.1 Å². The summed E-state index contributed by atoms with van der Waals surface area (Å²) >= 11 is 20.3. The molecule has 3 atom stereocenters. The van der Waals surface area contributed by atoms with Gasteiger partial charge in [-0.15, -0.1) is 11.8 Å². The number of benzene rings is 2. The molecule has 2 heterocycles. The summed E-state index contributed by atoms with van der Waals surface area (Å²) in [6.45, 7) is 0.589. The van der Waals surface area contributed by atoms with E-state index in [4.69, 9.17) is 44.3 Å². The zero-order valence-electron chi connectivity index (χ0n) is 16.8. The van der Waals surface area contributed by atoms with Gasteiger partial charge in [0.15, 0.2) is 6.29 Å². The van der Waals surface area contributed by atoms with Gasteiger partial charge < -0.3 is 14.0 Å². The summed E-state index contributed by atoms with van der Waals surface area (Å²) in [6.07, 6.45) is 7.94. The fourth-order valence-electron chi connectivity index (χ4n) is 3.55. The second-order valence-electron chi connectivity index (χ2n) is 7.43. The molecule has 31 heavy (non-hydrogen) atoms. The molecule has 3 unspecified atom stereocenters. The highest BCUT2D eigenvalue weighted by Crippen LogP contribution is 2.34. The summed E-state index contributed by atoms with van der Waals surface area (Å²) in [6, 6.07) is 13.4. The zero-order chi connectivity index (χ0) is 21.6. The molecule has 0 spiro atoms. The molecule has 0 N–H and O–H groups in total. The molecular weight excluding hydrogens is 475 g/mol. The van der Waals surface area contributed by atoms with Crippen LogP contribution >= 0.6 is 46.6 Å². The van der Waals surface area contributed by atoms with Gasteiger partial charge in [-0.1, -0.05) is 40.9 Å². The van der Waals surface area contributed by atoms with E-state index in [-0.39, 0.29) is 18.5 Å². The second-order valence-corrected chi connectivity index (χ2v) is 9.81. The molecule has 164 valence electrons. The SMILES string of the molecule is Clc1ccc(SCC2CCCC(OC(Cn3ccnc3)c3ccc(Cl)cc3Cl)O2)cc1. The molecule has 1 aliphatic rings. The van der Waals surface area contributed by atoms with E-state index in [0.29, 0.717) is 16.6 Å². The summed E-state index contributed by atoms with van der Waals surface area (Å²) < 4.78 is 14.7. The predicted molar refractivity (Wildman–Crippen MR) is 127 cm³/mol. The number of imidazole rings is 1. The first-order valence-corrected chi connectivity index (χ1v) is 12.3. The van der Waals surface area contributed by atoms with Gasteiger partial charge in [-0.05, 0) is 55.7 Å². The first-order chi connectivity index (χ1) is 15.1. The second kappa shape index (κ2) is 11.1. The van der Waals surface area contributed by atoms with Crippen LogP contribution in [0.25, 0.3) is 0 Å². The Labute approximate surface area is 201 Å². The van der Waals surface area contributed by atoms with Crippen LogP contribution in [0.5, 0.6) is 0 Å². The average molecular weight is 498 g/mol. The van der Waals surface area contributed by atoms with Crippen molar-refractivity contribution in [1.29, 1.82) is 0 Å². The number of hydrogen-bond donors (Lipinski definition) is 0. The highest BCUT2D eigenvalue weighted by atomic mass is 35.5. The lowest BCUT2D eigenvalue weighted by Crippen LogP contribution is -2.33. The Bertz CT molecular complexity index is 969. The van der Waals surface area contributed by atoms with Crippen molar-refractivity contribution in [1.82, 2.24) is 9.55 Å². The van der Waals surface area contributed by atoms with Crippen molar-refractivity contribution in [3.05, 3.63) is 81.8 Å². The van der Waals surface area contributed by atoms with Gasteiger partial charge in [0.1, 0.15) is 6.10 Å². The number of rotatable bonds is 8. The van der Waals surface area contributed by atoms with Crippen LogP contribution in [0.4, 0.5) is 0 Å². The molecule has 2 aromatic carbocycles. The predicted octanol–water partition coefficient (Wildman–Crippen LogP) is 7.29. The fourth-order valence-corrected chi connectivity index (χ4v) is 5.16. The van der Waals surface area contributed by atoms with Gasteiger partial charge in [0, 0.05) is 43.7 Å². The maximum Gasteiger partial charge on any atom is 0.158 e. The van der Waals surface area contributed by atoms with Crippen LogP contribution in [0, 0.1) is 0 Å². The van der Waals surface area contributed by atoms with Crippen molar-refractivity contribution < 1.29 is 9.47 Å². The molecule has 8 heteroatoms. The Morgan fingerprint density at radius 1 is 1.10 bits per heavy atom. The minimum Gasteiger partial charge on any atom is -0.349 e. The number of aromatic nitrogens is 2. The Morgan fingerprint density at radius 3 is 2.65 bits per heavy atom. The summed E-state index contributed by atoms with van der Waals surface area (Å²) in [5.74, 6) is 0.870.